The molecule has 0 bridgehead atoms. The second kappa shape index (κ2) is 5.03. The van der Waals surface area contributed by atoms with E-state index in [-0.39, 0.29) is 0 Å². The Bertz CT molecular complexity index is 224. The number of nitrogens with zero attached hydrogens (tertiary/aromatic N) is 2. The lowest BCUT2D eigenvalue weighted by Gasteiger charge is -2.39. The number of hydrogen-bond donors (Lipinski definition) is 1. The van der Waals surface area contributed by atoms with Crippen LogP contribution in [0, 0.1) is 5.92 Å². The van der Waals surface area contributed by atoms with Gasteiger partial charge in [0.1, 0.15) is 0 Å². The van der Waals surface area contributed by atoms with Gasteiger partial charge >= 0.3 is 0 Å². The van der Waals surface area contributed by atoms with E-state index in [9.17, 15) is 5.11 Å². The van der Waals surface area contributed by atoms with E-state index in [0.29, 0.717) is 18.1 Å². The predicted molar refractivity (Wildman–Crippen MR) is 66.5 cm³/mol. The molecule has 94 valence electrons. The van der Waals surface area contributed by atoms with Crippen molar-refractivity contribution in [1.82, 2.24) is 9.80 Å². The summed E-state index contributed by atoms with van der Waals surface area (Å²) < 4.78 is 0. The molecule has 0 aromatic rings. The fraction of sp³-hybridized carbons (Fsp3) is 1.00. The molecule has 1 unspecified atom stereocenters. The topological polar surface area (TPSA) is 26.7 Å². The number of aliphatic hydroxyl groups excluding tert-OH is 1. The Hall–Kier alpha value is -0.120. The quantitative estimate of drug-likeness (QED) is 0.779. The molecule has 1 aliphatic carbocycles. The van der Waals surface area contributed by atoms with Crippen LogP contribution in [0.5, 0.6) is 0 Å². The molecule has 0 radical (unpaired) electrons. The third-order valence-corrected chi connectivity index (χ3v) is 4.63. The Morgan fingerprint density at radius 2 is 2.00 bits per heavy atom. The normalized spacial score (nSPS) is 30.4. The number of likely N-dealkylation sites (N-methyl/N-ethyl adjacent to an activating group) is 1. The van der Waals surface area contributed by atoms with Crippen molar-refractivity contribution >= 4 is 0 Å². The average Bonchev–Trinajstić information content (AvgIpc) is 2.88. The van der Waals surface area contributed by atoms with Crippen molar-refractivity contribution in [3.63, 3.8) is 0 Å². The lowest BCUT2D eigenvalue weighted by molar-refractivity contribution is 0.101. The number of hydrogen-bond acceptors (Lipinski definition) is 3. The summed E-state index contributed by atoms with van der Waals surface area (Å²) in [5, 5.41) is 9.18. The van der Waals surface area contributed by atoms with Gasteiger partial charge in [0, 0.05) is 25.2 Å². The Balaban J connectivity index is 1.92. The highest BCUT2D eigenvalue weighted by atomic mass is 16.3. The smallest absolute Gasteiger partial charge is 0.0471 e. The maximum atomic E-state index is 9.18. The fourth-order valence-corrected chi connectivity index (χ4v) is 3.40. The summed E-state index contributed by atoms with van der Waals surface area (Å²) in [4.78, 5) is 5.00. The third kappa shape index (κ3) is 2.41. The molecule has 0 spiro atoms. The number of likely N-dealkylation sites (tertiary alicyclic amines) is 1. The van der Waals surface area contributed by atoms with Crippen LogP contribution in [0.3, 0.4) is 0 Å². The van der Waals surface area contributed by atoms with Crippen molar-refractivity contribution in [3.8, 4) is 0 Å². The van der Waals surface area contributed by atoms with Crippen molar-refractivity contribution < 1.29 is 5.11 Å². The van der Waals surface area contributed by atoms with Crippen LogP contribution < -0.4 is 0 Å². The SMILES string of the molecule is CN(C)C1(CN2CCC(CO)C2)CCCC1. The highest BCUT2D eigenvalue weighted by Crippen LogP contribution is 2.35. The van der Waals surface area contributed by atoms with E-state index < -0.39 is 0 Å². The molecule has 1 saturated heterocycles. The minimum absolute atomic E-state index is 0.367. The molecule has 0 amide bonds. The van der Waals surface area contributed by atoms with Crippen LogP contribution in [-0.4, -0.2) is 60.8 Å². The Kier molecular flexibility index (Phi) is 3.88. The van der Waals surface area contributed by atoms with Crippen LogP contribution in [0.2, 0.25) is 0 Å². The van der Waals surface area contributed by atoms with E-state index in [4.69, 9.17) is 0 Å². The first kappa shape index (κ1) is 12.3. The maximum Gasteiger partial charge on any atom is 0.0471 e. The first-order valence-corrected chi connectivity index (χ1v) is 6.67. The van der Waals surface area contributed by atoms with Gasteiger partial charge in [0.25, 0.3) is 0 Å². The molecule has 2 rings (SSSR count). The van der Waals surface area contributed by atoms with Gasteiger partial charge < -0.3 is 14.9 Å². The highest BCUT2D eigenvalue weighted by Gasteiger charge is 2.38. The zero-order valence-electron chi connectivity index (χ0n) is 10.8. The van der Waals surface area contributed by atoms with Crippen LogP contribution >= 0.6 is 0 Å². The summed E-state index contributed by atoms with van der Waals surface area (Å²) in [7, 11) is 4.45. The molecular weight excluding hydrogens is 200 g/mol. The predicted octanol–water partition coefficient (Wildman–Crippen LogP) is 1.17. The number of rotatable bonds is 4. The first-order chi connectivity index (χ1) is 7.66. The van der Waals surface area contributed by atoms with Gasteiger partial charge in [0.15, 0.2) is 0 Å². The summed E-state index contributed by atoms with van der Waals surface area (Å²) in [6.45, 7) is 3.86. The Morgan fingerprint density at radius 1 is 1.31 bits per heavy atom. The van der Waals surface area contributed by atoms with Crippen molar-refractivity contribution in [2.45, 2.75) is 37.6 Å². The molecule has 2 fully saturated rings. The van der Waals surface area contributed by atoms with Crippen molar-refractivity contribution in [2.24, 2.45) is 5.92 Å². The molecule has 1 N–H and O–H groups in total. The van der Waals surface area contributed by atoms with E-state index in [1.165, 1.54) is 45.2 Å². The summed E-state index contributed by atoms with van der Waals surface area (Å²) in [6, 6.07) is 0. The Morgan fingerprint density at radius 3 is 2.50 bits per heavy atom. The second-order valence-corrected chi connectivity index (χ2v) is 5.90. The van der Waals surface area contributed by atoms with Crippen LogP contribution in [-0.2, 0) is 0 Å². The Labute approximate surface area is 99.4 Å². The minimum atomic E-state index is 0.367. The summed E-state index contributed by atoms with van der Waals surface area (Å²) in [5.41, 5.74) is 0.421. The van der Waals surface area contributed by atoms with Gasteiger partial charge in [0.2, 0.25) is 0 Å². The fourth-order valence-electron chi connectivity index (χ4n) is 3.40. The second-order valence-electron chi connectivity index (χ2n) is 5.90. The summed E-state index contributed by atoms with van der Waals surface area (Å²) in [6.07, 6.45) is 6.64. The molecule has 1 atom stereocenters. The monoisotopic (exact) mass is 226 g/mol. The molecular formula is C13H26N2O. The molecule has 0 aromatic carbocycles. The van der Waals surface area contributed by atoms with Crippen molar-refractivity contribution in [3.05, 3.63) is 0 Å². The summed E-state index contributed by atoms with van der Waals surface area (Å²) >= 11 is 0. The molecule has 0 aromatic heterocycles. The maximum absolute atomic E-state index is 9.18. The van der Waals surface area contributed by atoms with E-state index in [1.54, 1.807) is 0 Å². The molecule has 1 saturated carbocycles. The van der Waals surface area contributed by atoms with Gasteiger partial charge in [-0.25, -0.2) is 0 Å². The van der Waals surface area contributed by atoms with Crippen LogP contribution in [0.4, 0.5) is 0 Å². The van der Waals surface area contributed by atoms with E-state index in [2.05, 4.69) is 23.9 Å². The van der Waals surface area contributed by atoms with Gasteiger partial charge in [-0.15, -0.1) is 0 Å². The molecule has 3 nitrogen and oxygen atoms in total. The average molecular weight is 226 g/mol. The van der Waals surface area contributed by atoms with Gasteiger partial charge in [0.05, 0.1) is 0 Å². The molecule has 3 heteroatoms. The first-order valence-electron chi connectivity index (χ1n) is 6.67. The zero-order valence-corrected chi connectivity index (χ0v) is 10.8. The third-order valence-electron chi connectivity index (χ3n) is 4.63. The molecule has 2 aliphatic rings. The van der Waals surface area contributed by atoms with E-state index in [0.717, 1.165) is 6.54 Å². The highest BCUT2D eigenvalue weighted by molar-refractivity contribution is 4.96. The van der Waals surface area contributed by atoms with Gasteiger partial charge in [-0.05, 0) is 45.8 Å². The van der Waals surface area contributed by atoms with Gasteiger partial charge in [-0.2, -0.15) is 0 Å². The summed E-state index contributed by atoms with van der Waals surface area (Å²) in [5.74, 6) is 0.528. The van der Waals surface area contributed by atoms with Crippen LogP contribution in [0.1, 0.15) is 32.1 Å². The van der Waals surface area contributed by atoms with E-state index >= 15 is 0 Å². The zero-order chi connectivity index (χ0) is 11.6. The largest absolute Gasteiger partial charge is 0.396 e. The number of aliphatic hydroxyl groups is 1. The van der Waals surface area contributed by atoms with Crippen LogP contribution in [0.15, 0.2) is 0 Å². The van der Waals surface area contributed by atoms with Gasteiger partial charge in [-0.1, -0.05) is 12.8 Å². The van der Waals surface area contributed by atoms with E-state index in [1.807, 2.05) is 0 Å². The van der Waals surface area contributed by atoms with Gasteiger partial charge in [-0.3, -0.25) is 0 Å². The van der Waals surface area contributed by atoms with Crippen molar-refractivity contribution in [1.29, 1.82) is 0 Å². The van der Waals surface area contributed by atoms with Crippen molar-refractivity contribution in [2.75, 3.05) is 40.3 Å². The lowest BCUT2D eigenvalue weighted by atomic mass is 9.95. The molecule has 16 heavy (non-hydrogen) atoms. The standard InChI is InChI=1S/C13H26N2O/c1-14(2)13(6-3-4-7-13)11-15-8-5-12(9-15)10-16/h12,16H,3-11H2,1-2H3. The molecule has 1 heterocycles. The minimum Gasteiger partial charge on any atom is -0.396 e. The molecule has 1 aliphatic heterocycles. The van der Waals surface area contributed by atoms with Crippen LogP contribution in [0.25, 0.3) is 0 Å². The lowest BCUT2D eigenvalue weighted by Crippen LogP contribution is -2.50.